The number of fused-ring (bicyclic) bond motifs is 3. The van der Waals surface area contributed by atoms with Gasteiger partial charge in [0.1, 0.15) is 13.1 Å². The molecular formula is C43H58N2+2. The monoisotopic (exact) mass is 602 g/mol. The topological polar surface area (TPSA) is 7.76 Å². The highest BCUT2D eigenvalue weighted by Gasteiger charge is 2.42. The van der Waals surface area contributed by atoms with Crippen molar-refractivity contribution in [1.82, 2.24) is 0 Å². The molecule has 2 aromatic carbocycles. The summed E-state index contributed by atoms with van der Waals surface area (Å²) < 4.78 is 4.50. The average Bonchev–Trinajstić information content (AvgIpc) is 3.36. The fraction of sp³-hybridized carbons (Fsp3) is 0.488. The second-order valence-corrected chi connectivity index (χ2v) is 13.5. The molecule has 5 rings (SSSR count). The zero-order valence-electron chi connectivity index (χ0n) is 28.8. The van der Waals surface area contributed by atoms with Crippen molar-refractivity contribution in [3.63, 3.8) is 0 Å². The van der Waals surface area contributed by atoms with Crippen LogP contribution in [0.5, 0.6) is 0 Å². The van der Waals surface area contributed by atoms with Crippen molar-refractivity contribution in [1.29, 1.82) is 0 Å². The molecule has 2 heteroatoms. The standard InChI is InChI=1S/C43H58N2/c1-5-9-11-13-15-17-27-43(28-18-16-14-12-10-6-2)41-33-37(35-23-29-44(7-3)30-24-35)19-21-39(41)40-22-20-38(34-42(40)43)36-25-31-45(8-4)32-26-36/h19-26,29-34H,5-18,27-28H2,1-4H3/q+2. The lowest BCUT2D eigenvalue weighted by atomic mass is 9.70. The minimum Gasteiger partial charge on any atom is -0.205 e. The number of aromatic nitrogens is 2. The van der Waals surface area contributed by atoms with Gasteiger partial charge in [-0.15, -0.1) is 0 Å². The fourth-order valence-corrected chi connectivity index (χ4v) is 7.65. The molecule has 0 unspecified atom stereocenters. The molecule has 1 aliphatic carbocycles. The van der Waals surface area contributed by atoms with Gasteiger partial charge in [-0.2, -0.15) is 0 Å². The Kier molecular flexibility index (Phi) is 12.0. The minimum absolute atomic E-state index is 0.0718. The lowest BCUT2D eigenvalue weighted by Crippen LogP contribution is -2.30. The Morgan fingerprint density at radius 3 is 1.18 bits per heavy atom. The van der Waals surface area contributed by atoms with E-state index < -0.39 is 0 Å². The van der Waals surface area contributed by atoms with Crippen LogP contribution in [-0.4, -0.2) is 0 Å². The van der Waals surface area contributed by atoms with Crippen molar-refractivity contribution in [2.24, 2.45) is 0 Å². The van der Waals surface area contributed by atoms with Gasteiger partial charge < -0.3 is 0 Å². The van der Waals surface area contributed by atoms with Gasteiger partial charge in [-0.05, 0) is 83.3 Å². The highest BCUT2D eigenvalue weighted by Crippen LogP contribution is 2.55. The lowest BCUT2D eigenvalue weighted by molar-refractivity contribution is -0.693. The maximum absolute atomic E-state index is 2.58. The van der Waals surface area contributed by atoms with E-state index in [9.17, 15) is 0 Å². The Morgan fingerprint density at radius 2 is 0.800 bits per heavy atom. The number of hydrogen-bond acceptors (Lipinski definition) is 0. The molecule has 0 saturated heterocycles. The summed E-state index contributed by atoms with van der Waals surface area (Å²) in [5.41, 5.74) is 11.5. The fourth-order valence-electron chi connectivity index (χ4n) is 7.65. The van der Waals surface area contributed by atoms with Crippen LogP contribution in [0.4, 0.5) is 0 Å². The molecule has 0 N–H and O–H groups in total. The predicted octanol–water partition coefficient (Wildman–Crippen LogP) is 11.4. The Labute approximate surface area is 274 Å². The van der Waals surface area contributed by atoms with Gasteiger partial charge in [0.25, 0.3) is 0 Å². The van der Waals surface area contributed by atoms with Crippen LogP contribution in [0.25, 0.3) is 33.4 Å². The highest BCUT2D eigenvalue weighted by molar-refractivity contribution is 5.86. The molecular weight excluding hydrogens is 544 g/mol. The lowest BCUT2D eigenvalue weighted by Gasteiger charge is -2.33. The maximum atomic E-state index is 2.58. The van der Waals surface area contributed by atoms with Crippen LogP contribution in [-0.2, 0) is 18.5 Å². The van der Waals surface area contributed by atoms with E-state index in [1.807, 2.05) is 0 Å². The number of hydrogen-bond donors (Lipinski definition) is 0. The number of unbranched alkanes of at least 4 members (excludes halogenated alkanes) is 10. The quantitative estimate of drug-likeness (QED) is 0.0790. The SMILES string of the molecule is CCCCCCCCC1(CCCCCCCC)c2cc(-c3cc[n+](CC)cc3)ccc2-c2ccc(-c3cc[n+](CC)cc3)cc21. The molecule has 0 fully saturated rings. The van der Waals surface area contributed by atoms with E-state index in [-0.39, 0.29) is 5.41 Å². The van der Waals surface area contributed by atoms with E-state index in [0.717, 1.165) is 13.1 Å². The molecule has 0 bridgehead atoms. The van der Waals surface area contributed by atoms with Crippen molar-refractivity contribution in [2.75, 3.05) is 0 Å². The Morgan fingerprint density at radius 1 is 0.422 bits per heavy atom. The van der Waals surface area contributed by atoms with Gasteiger partial charge in [0, 0.05) is 29.7 Å². The first-order chi connectivity index (χ1) is 22.1. The maximum Gasteiger partial charge on any atom is 0.169 e. The summed E-state index contributed by atoms with van der Waals surface area (Å²) in [5, 5.41) is 0. The van der Waals surface area contributed by atoms with Gasteiger partial charge in [-0.25, -0.2) is 9.13 Å². The molecule has 0 amide bonds. The third kappa shape index (κ3) is 7.76. The second kappa shape index (κ2) is 16.3. The van der Waals surface area contributed by atoms with E-state index in [0.29, 0.717) is 0 Å². The summed E-state index contributed by atoms with van der Waals surface area (Å²) in [6, 6.07) is 24.0. The molecule has 0 saturated carbocycles. The summed E-state index contributed by atoms with van der Waals surface area (Å²) in [4.78, 5) is 0. The number of rotatable bonds is 18. The van der Waals surface area contributed by atoms with E-state index in [4.69, 9.17) is 0 Å². The number of pyridine rings is 2. The normalized spacial score (nSPS) is 13.2. The van der Waals surface area contributed by atoms with Gasteiger partial charge in [0.15, 0.2) is 24.8 Å². The molecule has 45 heavy (non-hydrogen) atoms. The van der Waals surface area contributed by atoms with Crippen molar-refractivity contribution in [2.45, 2.75) is 136 Å². The van der Waals surface area contributed by atoms with Crippen LogP contribution >= 0.6 is 0 Å². The molecule has 0 radical (unpaired) electrons. The molecule has 2 heterocycles. The molecule has 2 nitrogen and oxygen atoms in total. The smallest absolute Gasteiger partial charge is 0.169 e. The largest absolute Gasteiger partial charge is 0.205 e. The molecule has 4 aromatic rings. The van der Waals surface area contributed by atoms with E-state index in [1.165, 1.54) is 123 Å². The molecule has 2 aromatic heterocycles. The molecule has 1 aliphatic rings. The Balaban J connectivity index is 1.56. The Bertz CT molecular complexity index is 1370. The number of aryl methyl sites for hydroxylation is 2. The molecule has 0 aliphatic heterocycles. The van der Waals surface area contributed by atoms with Crippen LogP contribution < -0.4 is 9.13 Å². The van der Waals surface area contributed by atoms with Crippen LogP contribution in [0.2, 0.25) is 0 Å². The van der Waals surface area contributed by atoms with E-state index in [1.54, 1.807) is 11.1 Å². The summed E-state index contributed by atoms with van der Waals surface area (Å²) in [5.74, 6) is 0. The van der Waals surface area contributed by atoms with Crippen LogP contribution in [0.1, 0.15) is 129 Å². The molecule has 0 spiro atoms. The van der Waals surface area contributed by atoms with E-state index in [2.05, 4.69) is 122 Å². The average molecular weight is 603 g/mol. The van der Waals surface area contributed by atoms with Crippen LogP contribution in [0.15, 0.2) is 85.5 Å². The predicted molar refractivity (Wildman–Crippen MR) is 191 cm³/mol. The van der Waals surface area contributed by atoms with Gasteiger partial charge in [-0.1, -0.05) is 115 Å². The van der Waals surface area contributed by atoms with Gasteiger partial charge in [-0.3, -0.25) is 0 Å². The van der Waals surface area contributed by atoms with Crippen molar-refractivity contribution >= 4 is 0 Å². The first-order valence-corrected chi connectivity index (χ1v) is 18.4. The third-order valence-corrected chi connectivity index (χ3v) is 10.5. The first-order valence-electron chi connectivity index (χ1n) is 18.4. The van der Waals surface area contributed by atoms with Crippen LogP contribution in [0, 0.1) is 0 Å². The molecule has 0 atom stereocenters. The third-order valence-electron chi connectivity index (χ3n) is 10.5. The number of benzene rings is 2. The second-order valence-electron chi connectivity index (χ2n) is 13.5. The molecule has 238 valence electrons. The van der Waals surface area contributed by atoms with Gasteiger partial charge in [0.05, 0.1) is 0 Å². The summed E-state index contributed by atoms with van der Waals surface area (Å²) in [7, 11) is 0. The van der Waals surface area contributed by atoms with E-state index >= 15 is 0 Å². The van der Waals surface area contributed by atoms with Crippen molar-refractivity contribution < 1.29 is 9.13 Å². The minimum atomic E-state index is 0.0718. The van der Waals surface area contributed by atoms with Crippen molar-refractivity contribution in [3.8, 4) is 33.4 Å². The summed E-state index contributed by atoms with van der Waals surface area (Å²) in [6.45, 7) is 11.1. The number of nitrogens with zero attached hydrogens (tertiary/aromatic N) is 2. The summed E-state index contributed by atoms with van der Waals surface area (Å²) >= 11 is 0. The highest BCUT2D eigenvalue weighted by atomic mass is 14.9. The van der Waals surface area contributed by atoms with Gasteiger partial charge >= 0.3 is 0 Å². The first kappa shape index (κ1) is 33.1. The summed E-state index contributed by atoms with van der Waals surface area (Å²) in [6.07, 6.45) is 27.5. The Hall–Kier alpha value is -3.26. The zero-order chi connectivity index (χ0) is 31.5. The zero-order valence-corrected chi connectivity index (χ0v) is 28.8. The van der Waals surface area contributed by atoms with Crippen molar-refractivity contribution in [3.05, 3.63) is 96.6 Å². The van der Waals surface area contributed by atoms with Crippen LogP contribution in [0.3, 0.4) is 0 Å². The van der Waals surface area contributed by atoms with Gasteiger partial charge in [0.2, 0.25) is 0 Å².